The molecule has 54 valence electrons. The molecule has 1 aromatic rings. The molecular weight excluding hydrogens is 153 g/mol. The van der Waals surface area contributed by atoms with E-state index in [2.05, 4.69) is 9.97 Å². The Kier molecular flexibility index (Phi) is 1.39. The predicted molar refractivity (Wildman–Crippen MR) is 38.2 cm³/mol. The first kappa shape index (κ1) is 4.90. The Morgan fingerprint density at radius 2 is 2.90 bits per heavy atom. The normalized spacial score (nSPS) is 12.1. The smallest absolute Gasteiger partial charge is 0.189 e. The molecule has 0 bridgehead atoms. The van der Waals surface area contributed by atoms with Crippen molar-refractivity contribution in [1.82, 2.24) is 9.97 Å². The van der Waals surface area contributed by atoms with Crippen LogP contribution in [0.1, 0.15) is 1.37 Å². The Morgan fingerprint density at radius 1 is 2.00 bits per heavy atom. The highest BCUT2D eigenvalue weighted by Gasteiger charge is 2.00. The molecule has 10 heavy (non-hydrogen) atoms. The lowest BCUT2D eigenvalue weighted by atomic mass is 10.6. The topological polar surface area (TPSA) is 51.8 Å². The van der Waals surface area contributed by atoms with E-state index in [-0.39, 0.29) is 12.0 Å². The molecule has 0 fully saturated rings. The lowest BCUT2D eigenvalue weighted by molar-refractivity contribution is 0.612. The Hall–Kier alpha value is -0.840. The summed E-state index contributed by atoms with van der Waals surface area (Å²) in [5, 5.41) is 0.293. The van der Waals surface area contributed by atoms with Gasteiger partial charge in [0.05, 0.1) is 6.20 Å². The van der Waals surface area contributed by atoms with Crippen LogP contribution in [0.5, 0.6) is 0 Å². The molecule has 0 radical (unpaired) electrons. The maximum Gasteiger partial charge on any atom is 0.189 e. The van der Waals surface area contributed by atoms with Crippen molar-refractivity contribution in [2.45, 2.75) is 5.16 Å². The Morgan fingerprint density at radius 3 is 3.60 bits per heavy atom. The third-order valence-electron chi connectivity index (χ3n) is 0.851. The highest BCUT2D eigenvalue weighted by molar-refractivity contribution is 7.98. The van der Waals surface area contributed by atoms with Crippen molar-refractivity contribution in [2.75, 3.05) is 12.0 Å². The van der Waals surface area contributed by atoms with Crippen LogP contribution in [0.3, 0.4) is 0 Å². The van der Waals surface area contributed by atoms with Gasteiger partial charge < -0.3 is 5.73 Å². The molecule has 1 aromatic heterocycles. The summed E-state index contributed by atoms with van der Waals surface area (Å²) in [6, 6.07) is 0. The quantitative estimate of drug-likeness (QED) is 0.520. The Bertz CT molecular complexity index is 273. The molecular formula is C5H6FN3S. The standard InChI is InChI=1S/C5H6FN3S/c1-10-5-8-2-3(6)4(7)9-5/h2H,1H3,(H2,7,8,9)/i1T/hT. The summed E-state index contributed by atoms with van der Waals surface area (Å²) in [4.78, 5) is 7.25. The lowest BCUT2D eigenvalue weighted by Crippen LogP contribution is -1.97. The van der Waals surface area contributed by atoms with E-state index >= 15 is 0 Å². The fourth-order valence-corrected chi connectivity index (χ4v) is 0.704. The molecule has 0 saturated heterocycles. The minimum atomic E-state index is -0.667. The molecule has 0 spiro atoms. The number of anilines is 1. The molecule has 0 unspecified atom stereocenters. The van der Waals surface area contributed by atoms with Gasteiger partial charge in [-0.1, -0.05) is 11.8 Å². The van der Waals surface area contributed by atoms with Gasteiger partial charge in [-0.2, -0.15) is 0 Å². The highest BCUT2D eigenvalue weighted by atomic mass is 32.2. The van der Waals surface area contributed by atoms with Gasteiger partial charge in [0.15, 0.2) is 18.2 Å². The van der Waals surface area contributed by atoms with Crippen LogP contribution < -0.4 is 5.73 Å². The molecule has 0 aliphatic heterocycles. The van der Waals surface area contributed by atoms with Crippen molar-refractivity contribution >= 4 is 17.6 Å². The maximum absolute atomic E-state index is 12.6. The van der Waals surface area contributed by atoms with Crippen molar-refractivity contribution < 1.29 is 7.17 Å². The number of nitrogens with two attached hydrogens (primary N) is 1. The zero-order valence-electron chi connectivity index (χ0n) is 6.97. The van der Waals surface area contributed by atoms with E-state index in [1.807, 2.05) is 5.73 Å². The molecule has 5 heteroatoms. The summed E-state index contributed by atoms with van der Waals surface area (Å²) in [6.07, 6.45) is 1.05. The fourth-order valence-electron chi connectivity index (χ4n) is 0.420. The van der Waals surface area contributed by atoms with Crippen LogP contribution in [0.2, 0.25) is 1.41 Å². The van der Waals surface area contributed by atoms with E-state index in [1.54, 1.807) is 0 Å². The number of thioether (sulfide) groups is 1. The second kappa shape index (κ2) is 2.83. The van der Waals surface area contributed by atoms with Gasteiger partial charge in [0.1, 0.15) is 0 Å². The third kappa shape index (κ3) is 1.36. The number of nitrogen functional groups attached to an aromatic ring is 1. The van der Waals surface area contributed by atoms with E-state index in [4.69, 9.17) is 2.78 Å². The second-order valence-corrected chi connectivity index (χ2v) is 2.15. The van der Waals surface area contributed by atoms with Gasteiger partial charge in [-0.3, -0.25) is 0 Å². The highest BCUT2D eigenvalue weighted by Crippen LogP contribution is 2.11. The monoisotopic (exact) mass is 163 g/mol. The molecule has 0 saturated carbocycles. The molecule has 0 amide bonds. The molecule has 1 heterocycles. The van der Waals surface area contributed by atoms with Crippen molar-refractivity contribution in [2.24, 2.45) is 0 Å². The first-order chi connectivity index (χ1) is 5.77. The minimum Gasteiger partial charge on any atom is -0.381 e. The van der Waals surface area contributed by atoms with Crippen LogP contribution in [-0.2, 0) is 0 Å². The SMILES string of the molecule is [3H]CSc1ncc(F)c(N[3H])n1. The van der Waals surface area contributed by atoms with Gasteiger partial charge in [0.2, 0.25) is 0 Å². The van der Waals surface area contributed by atoms with E-state index in [0.717, 1.165) is 18.0 Å². The summed E-state index contributed by atoms with van der Waals surface area (Å²) >= 11 is 1.07. The van der Waals surface area contributed by atoms with E-state index in [1.165, 1.54) is 0 Å². The van der Waals surface area contributed by atoms with Gasteiger partial charge in [-0.15, -0.1) is 0 Å². The third-order valence-corrected chi connectivity index (χ3v) is 1.31. The summed E-state index contributed by atoms with van der Waals surface area (Å²) < 4.78 is 26.2. The first-order valence-corrected chi connectivity index (χ1v) is 3.39. The van der Waals surface area contributed by atoms with E-state index in [0.29, 0.717) is 5.16 Å². The average Bonchev–Trinajstić information content (AvgIpc) is 2.09. The van der Waals surface area contributed by atoms with Crippen LogP contribution in [0.4, 0.5) is 10.2 Å². The summed E-state index contributed by atoms with van der Waals surface area (Å²) in [6.45, 7) is 0. The van der Waals surface area contributed by atoms with Gasteiger partial charge in [-0.25, -0.2) is 14.4 Å². The molecule has 0 aromatic carbocycles. The zero-order chi connectivity index (χ0) is 8.97. The average molecular weight is 163 g/mol. The predicted octanol–water partition coefficient (Wildman–Crippen LogP) is 0.920. The van der Waals surface area contributed by atoms with E-state index in [9.17, 15) is 4.39 Å². The number of hydrogen-bond acceptors (Lipinski definition) is 4. The first-order valence-electron chi connectivity index (χ1n) is 3.61. The molecule has 1 rings (SSSR count). The van der Waals surface area contributed by atoms with Crippen LogP contribution >= 0.6 is 11.8 Å². The molecule has 0 atom stereocenters. The van der Waals surface area contributed by atoms with Crippen molar-refractivity contribution in [1.29, 1.82) is 0 Å². The maximum atomic E-state index is 12.6. The van der Waals surface area contributed by atoms with Gasteiger partial charge >= 0.3 is 0 Å². The van der Waals surface area contributed by atoms with Crippen molar-refractivity contribution in [3.63, 3.8) is 0 Å². The second-order valence-electron chi connectivity index (χ2n) is 1.49. The Balaban J connectivity index is 2.89. The minimum absolute atomic E-state index is 0.0725. The van der Waals surface area contributed by atoms with Gasteiger partial charge in [0.25, 0.3) is 0 Å². The van der Waals surface area contributed by atoms with Crippen LogP contribution in [0, 0.1) is 5.82 Å². The summed E-state index contributed by atoms with van der Waals surface area (Å²) in [5.41, 5.74) is 1.84. The number of aromatic nitrogens is 2. The van der Waals surface area contributed by atoms with E-state index < -0.39 is 5.82 Å². The van der Waals surface area contributed by atoms with Crippen LogP contribution in [-0.4, -0.2) is 16.2 Å². The number of hydrogen-bond donors (Lipinski definition) is 1. The van der Waals surface area contributed by atoms with Crippen LogP contribution in [0.15, 0.2) is 11.4 Å². The lowest BCUT2D eigenvalue weighted by Gasteiger charge is -1.95. The fraction of sp³-hybridized carbons (Fsp3) is 0.200. The molecule has 3 nitrogen and oxygen atoms in total. The van der Waals surface area contributed by atoms with Gasteiger partial charge in [-0.05, 0) is 6.23 Å². The number of halogens is 1. The van der Waals surface area contributed by atoms with Crippen LogP contribution in [0.25, 0.3) is 0 Å². The van der Waals surface area contributed by atoms with Gasteiger partial charge in [0, 0.05) is 1.37 Å². The summed E-state index contributed by atoms with van der Waals surface area (Å²) in [7, 11) is 0. The number of nitrogens with zero attached hydrogens (tertiary/aromatic N) is 2. The number of rotatable bonds is 2. The molecule has 0 aliphatic rings. The molecule has 2 N–H and O–H groups in total. The Labute approximate surface area is 64.7 Å². The van der Waals surface area contributed by atoms with Crippen molar-refractivity contribution in [3.05, 3.63) is 12.0 Å². The van der Waals surface area contributed by atoms with Crippen molar-refractivity contribution in [3.8, 4) is 0 Å². The zero-order valence-corrected chi connectivity index (χ0v) is 5.78. The summed E-state index contributed by atoms with van der Waals surface area (Å²) in [5.74, 6) is -0.833. The molecule has 0 aliphatic carbocycles. The largest absolute Gasteiger partial charge is 0.381 e.